The minimum absolute atomic E-state index is 0.0344. The molecule has 2 nitrogen and oxygen atoms in total. The second-order valence-electron chi connectivity index (χ2n) is 4.28. The van der Waals surface area contributed by atoms with Crippen LogP contribution >= 0.6 is 15.9 Å². The summed E-state index contributed by atoms with van der Waals surface area (Å²) in [6.07, 6.45) is 3.27. The normalized spacial score (nSPS) is 10.8. The van der Waals surface area contributed by atoms with Crippen LogP contribution < -0.4 is 0 Å². The summed E-state index contributed by atoms with van der Waals surface area (Å²) in [6.45, 7) is 1.96. The van der Waals surface area contributed by atoms with E-state index < -0.39 is 0 Å². The number of aryl methyl sites for hydroxylation is 1. The molecule has 0 fully saturated rings. The first kappa shape index (κ1) is 13.6. The molecule has 0 aromatic heterocycles. The standard InChI is InChI=1S/C16H13BrO2/c1-11-3-2-4-13(9-11)15(18)7-5-12-6-8-16(19)14(17)10-12/h2-10,19H,1H3/b7-5+. The molecule has 2 aromatic rings. The highest BCUT2D eigenvalue weighted by Gasteiger charge is 2.02. The second kappa shape index (κ2) is 5.85. The van der Waals surface area contributed by atoms with Crippen LogP contribution in [0.15, 0.2) is 53.0 Å². The van der Waals surface area contributed by atoms with Gasteiger partial charge in [0.05, 0.1) is 4.47 Å². The summed E-state index contributed by atoms with van der Waals surface area (Å²) in [5, 5.41) is 9.39. The molecule has 1 N–H and O–H groups in total. The minimum Gasteiger partial charge on any atom is -0.507 e. The summed E-state index contributed by atoms with van der Waals surface area (Å²) in [7, 11) is 0. The number of phenolic OH excluding ortho intramolecular Hbond substituents is 1. The van der Waals surface area contributed by atoms with E-state index >= 15 is 0 Å². The van der Waals surface area contributed by atoms with E-state index in [0.717, 1.165) is 11.1 Å². The van der Waals surface area contributed by atoms with Crippen molar-refractivity contribution >= 4 is 27.8 Å². The van der Waals surface area contributed by atoms with E-state index in [-0.39, 0.29) is 11.5 Å². The molecule has 0 atom stereocenters. The van der Waals surface area contributed by atoms with Gasteiger partial charge in [0, 0.05) is 5.56 Å². The SMILES string of the molecule is Cc1cccc(C(=O)/C=C/c2ccc(O)c(Br)c2)c1. The van der Waals surface area contributed by atoms with Crippen LogP contribution in [0.1, 0.15) is 21.5 Å². The van der Waals surface area contributed by atoms with Crippen molar-refractivity contribution in [2.45, 2.75) is 6.92 Å². The molecule has 3 heteroatoms. The number of allylic oxidation sites excluding steroid dienone is 1. The molecular formula is C16H13BrO2. The van der Waals surface area contributed by atoms with E-state index in [4.69, 9.17) is 0 Å². The third-order valence-corrected chi connectivity index (χ3v) is 3.34. The first-order chi connectivity index (χ1) is 9.06. The van der Waals surface area contributed by atoms with Gasteiger partial charge in [-0.2, -0.15) is 0 Å². The van der Waals surface area contributed by atoms with Crippen LogP contribution in [0, 0.1) is 6.92 Å². The number of halogens is 1. The molecule has 19 heavy (non-hydrogen) atoms. The second-order valence-corrected chi connectivity index (χ2v) is 5.13. The third-order valence-electron chi connectivity index (χ3n) is 2.70. The minimum atomic E-state index is -0.0344. The molecule has 0 aliphatic heterocycles. The van der Waals surface area contributed by atoms with Gasteiger partial charge in [-0.05, 0) is 52.7 Å². The molecule has 2 aromatic carbocycles. The van der Waals surface area contributed by atoms with Crippen LogP contribution in [0.3, 0.4) is 0 Å². The zero-order chi connectivity index (χ0) is 13.8. The summed E-state index contributed by atoms with van der Waals surface area (Å²) < 4.78 is 0.609. The maximum atomic E-state index is 12.0. The molecule has 0 amide bonds. The predicted octanol–water partition coefficient (Wildman–Crippen LogP) is 4.36. The van der Waals surface area contributed by atoms with Gasteiger partial charge in [-0.3, -0.25) is 4.79 Å². The number of benzene rings is 2. The van der Waals surface area contributed by atoms with Crippen LogP contribution in [0.2, 0.25) is 0 Å². The lowest BCUT2D eigenvalue weighted by atomic mass is 10.1. The lowest BCUT2D eigenvalue weighted by molar-refractivity contribution is 0.104. The average molecular weight is 317 g/mol. The van der Waals surface area contributed by atoms with E-state index in [1.165, 1.54) is 6.08 Å². The Morgan fingerprint density at radius 1 is 1.21 bits per heavy atom. The Morgan fingerprint density at radius 3 is 2.68 bits per heavy atom. The van der Waals surface area contributed by atoms with Crippen LogP contribution in [-0.4, -0.2) is 10.9 Å². The van der Waals surface area contributed by atoms with Crippen LogP contribution in [0.5, 0.6) is 5.75 Å². The molecule has 0 saturated carbocycles. The fourth-order valence-corrected chi connectivity index (χ4v) is 2.09. The predicted molar refractivity (Wildman–Crippen MR) is 80.4 cm³/mol. The molecule has 0 bridgehead atoms. The number of phenols is 1. The highest BCUT2D eigenvalue weighted by Crippen LogP contribution is 2.24. The molecule has 0 spiro atoms. The molecule has 0 saturated heterocycles. The molecule has 0 aliphatic rings. The Bertz CT molecular complexity index is 645. The number of aromatic hydroxyl groups is 1. The van der Waals surface area contributed by atoms with Gasteiger partial charge < -0.3 is 5.11 Å². The molecule has 96 valence electrons. The van der Waals surface area contributed by atoms with Crippen molar-refractivity contribution in [2.75, 3.05) is 0 Å². The monoisotopic (exact) mass is 316 g/mol. The van der Waals surface area contributed by atoms with Crippen molar-refractivity contribution in [1.29, 1.82) is 0 Å². The van der Waals surface area contributed by atoms with Gasteiger partial charge in [0.1, 0.15) is 5.75 Å². The van der Waals surface area contributed by atoms with Crippen molar-refractivity contribution < 1.29 is 9.90 Å². The number of carbonyl (C=O) groups excluding carboxylic acids is 1. The maximum absolute atomic E-state index is 12.0. The van der Waals surface area contributed by atoms with E-state index in [2.05, 4.69) is 15.9 Å². The fourth-order valence-electron chi connectivity index (χ4n) is 1.69. The van der Waals surface area contributed by atoms with Crippen molar-refractivity contribution in [3.05, 3.63) is 69.7 Å². The molecular weight excluding hydrogens is 304 g/mol. The Balaban J connectivity index is 2.18. The molecule has 0 heterocycles. The lowest BCUT2D eigenvalue weighted by Crippen LogP contribution is -1.94. The summed E-state index contributed by atoms with van der Waals surface area (Å²) in [5.41, 5.74) is 2.59. The lowest BCUT2D eigenvalue weighted by Gasteiger charge is -1.99. The smallest absolute Gasteiger partial charge is 0.185 e. The van der Waals surface area contributed by atoms with Gasteiger partial charge in [-0.25, -0.2) is 0 Å². The quantitative estimate of drug-likeness (QED) is 0.674. The number of hydrogen-bond acceptors (Lipinski definition) is 2. The first-order valence-corrected chi connectivity index (χ1v) is 6.63. The third kappa shape index (κ3) is 3.55. The van der Waals surface area contributed by atoms with Crippen LogP contribution in [0.25, 0.3) is 6.08 Å². The largest absolute Gasteiger partial charge is 0.507 e. The van der Waals surface area contributed by atoms with Gasteiger partial charge in [-0.1, -0.05) is 35.9 Å². The Morgan fingerprint density at radius 2 is 2.00 bits per heavy atom. The Hall–Kier alpha value is -1.87. The molecule has 0 aliphatic carbocycles. The van der Waals surface area contributed by atoms with Crippen LogP contribution in [-0.2, 0) is 0 Å². The first-order valence-electron chi connectivity index (χ1n) is 5.84. The van der Waals surface area contributed by atoms with E-state index in [1.54, 1.807) is 30.3 Å². The zero-order valence-corrected chi connectivity index (χ0v) is 12.0. The van der Waals surface area contributed by atoms with Crippen LogP contribution in [0.4, 0.5) is 0 Å². The topological polar surface area (TPSA) is 37.3 Å². The maximum Gasteiger partial charge on any atom is 0.185 e. The number of rotatable bonds is 3. The van der Waals surface area contributed by atoms with Gasteiger partial charge in [0.15, 0.2) is 5.78 Å². The number of hydrogen-bond donors (Lipinski definition) is 1. The van der Waals surface area contributed by atoms with Gasteiger partial charge in [0.2, 0.25) is 0 Å². The Labute approximate surface area is 120 Å². The summed E-state index contributed by atoms with van der Waals surface area (Å²) in [5.74, 6) is 0.148. The van der Waals surface area contributed by atoms with E-state index in [1.807, 2.05) is 25.1 Å². The van der Waals surface area contributed by atoms with Crippen molar-refractivity contribution in [3.63, 3.8) is 0 Å². The molecule has 2 rings (SSSR count). The molecule has 0 radical (unpaired) electrons. The number of carbonyl (C=O) groups is 1. The average Bonchev–Trinajstić information content (AvgIpc) is 2.40. The van der Waals surface area contributed by atoms with Crippen molar-refractivity contribution in [2.24, 2.45) is 0 Å². The van der Waals surface area contributed by atoms with Gasteiger partial charge in [0.25, 0.3) is 0 Å². The van der Waals surface area contributed by atoms with Crippen molar-refractivity contribution in [3.8, 4) is 5.75 Å². The van der Waals surface area contributed by atoms with Gasteiger partial charge in [-0.15, -0.1) is 0 Å². The Kier molecular flexibility index (Phi) is 4.17. The summed E-state index contributed by atoms with van der Waals surface area (Å²) in [4.78, 5) is 12.0. The number of ketones is 1. The summed E-state index contributed by atoms with van der Waals surface area (Å²) in [6, 6.07) is 12.6. The summed E-state index contributed by atoms with van der Waals surface area (Å²) >= 11 is 3.24. The zero-order valence-electron chi connectivity index (χ0n) is 10.4. The van der Waals surface area contributed by atoms with Crippen molar-refractivity contribution in [1.82, 2.24) is 0 Å². The fraction of sp³-hybridized carbons (Fsp3) is 0.0625. The molecule has 0 unspecified atom stereocenters. The highest BCUT2D eigenvalue weighted by molar-refractivity contribution is 9.10. The van der Waals surface area contributed by atoms with Gasteiger partial charge >= 0.3 is 0 Å². The highest BCUT2D eigenvalue weighted by atomic mass is 79.9. The van der Waals surface area contributed by atoms with E-state index in [9.17, 15) is 9.90 Å². The van der Waals surface area contributed by atoms with E-state index in [0.29, 0.717) is 10.0 Å².